The molecule has 158 valence electrons. The summed E-state index contributed by atoms with van der Waals surface area (Å²) >= 11 is 7.26. The fourth-order valence-corrected chi connectivity index (χ4v) is 4.63. The maximum Gasteiger partial charge on any atom is 0.338 e. The van der Waals surface area contributed by atoms with Crippen LogP contribution >= 0.6 is 22.9 Å². The van der Waals surface area contributed by atoms with E-state index in [-0.39, 0.29) is 18.0 Å². The summed E-state index contributed by atoms with van der Waals surface area (Å²) in [4.78, 5) is 31.2. The molecule has 1 aliphatic rings. The molecule has 0 saturated carbocycles. The molecule has 4 rings (SSSR count). The van der Waals surface area contributed by atoms with Crippen LogP contribution in [0.25, 0.3) is 6.08 Å². The molecule has 1 atom stereocenters. The van der Waals surface area contributed by atoms with Crippen LogP contribution in [0.2, 0.25) is 5.02 Å². The lowest BCUT2D eigenvalue weighted by Gasteiger charge is -2.24. The second-order valence-corrected chi connectivity index (χ2v) is 8.35. The van der Waals surface area contributed by atoms with E-state index in [0.717, 1.165) is 5.56 Å². The molecule has 0 bridgehead atoms. The first kappa shape index (κ1) is 21.2. The molecule has 0 fully saturated rings. The normalized spacial score (nSPS) is 16.1. The smallest absolute Gasteiger partial charge is 0.338 e. The predicted molar refractivity (Wildman–Crippen MR) is 118 cm³/mol. The SMILES string of the molecule is CCOC(=O)C1=C(C)N=c2s/c(=C\c3ccc(F)cc3)c(=O)n2[C@@H]1c1ccc(Cl)cc1. The lowest BCUT2D eigenvalue weighted by molar-refractivity contribution is -0.139. The number of carbonyl (C=O) groups excluding carboxylic acids is 1. The third kappa shape index (κ3) is 4.11. The van der Waals surface area contributed by atoms with Gasteiger partial charge in [-0.25, -0.2) is 14.2 Å². The molecule has 1 aliphatic heterocycles. The molecule has 0 radical (unpaired) electrons. The molecule has 2 heterocycles. The zero-order valence-electron chi connectivity index (χ0n) is 16.8. The molecule has 0 unspecified atom stereocenters. The average molecular weight is 457 g/mol. The Morgan fingerprint density at radius 3 is 2.55 bits per heavy atom. The number of fused-ring (bicyclic) bond motifs is 1. The number of hydrogen-bond acceptors (Lipinski definition) is 5. The molecule has 0 aliphatic carbocycles. The van der Waals surface area contributed by atoms with Gasteiger partial charge in [-0.2, -0.15) is 0 Å². The average Bonchev–Trinajstić information content (AvgIpc) is 3.04. The Morgan fingerprint density at radius 1 is 1.23 bits per heavy atom. The minimum Gasteiger partial charge on any atom is -0.463 e. The number of rotatable bonds is 4. The minimum atomic E-state index is -0.692. The molecule has 31 heavy (non-hydrogen) atoms. The molecule has 5 nitrogen and oxygen atoms in total. The van der Waals surface area contributed by atoms with Gasteiger partial charge in [0.05, 0.1) is 28.5 Å². The highest BCUT2D eigenvalue weighted by Crippen LogP contribution is 2.31. The number of ether oxygens (including phenoxy) is 1. The molecule has 0 amide bonds. The van der Waals surface area contributed by atoms with E-state index in [2.05, 4.69) is 4.99 Å². The van der Waals surface area contributed by atoms with Gasteiger partial charge in [-0.05, 0) is 55.3 Å². The lowest BCUT2D eigenvalue weighted by Crippen LogP contribution is -2.39. The first-order valence-corrected chi connectivity index (χ1v) is 10.8. The largest absolute Gasteiger partial charge is 0.463 e. The van der Waals surface area contributed by atoms with E-state index in [0.29, 0.717) is 31.2 Å². The maximum absolute atomic E-state index is 13.4. The number of benzene rings is 2. The zero-order valence-corrected chi connectivity index (χ0v) is 18.3. The number of carbonyl (C=O) groups is 1. The minimum absolute atomic E-state index is 0.206. The van der Waals surface area contributed by atoms with Crippen LogP contribution in [0.15, 0.2) is 69.6 Å². The number of halogens is 2. The number of nitrogens with zero attached hydrogens (tertiary/aromatic N) is 2. The molecule has 0 N–H and O–H groups in total. The first-order valence-electron chi connectivity index (χ1n) is 9.59. The van der Waals surface area contributed by atoms with E-state index < -0.39 is 12.0 Å². The number of thiazole rings is 1. The van der Waals surface area contributed by atoms with Crippen molar-refractivity contribution in [3.63, 3.8) is 0 Å². The summed E-state index contributed by atoms with van der Waals surface area (Å²) in [6, 6.07) is 12.2. The highest BCUT2D eigenvalue weighted by Gasteiger charge is 2.33. The van der Waals surface area contributed by atoms with Crippen molar-refractivity contribution < 1.29 is 13.9 Å². The molecular formula is C23H18ClFN2O3S. The van der Waals surface area contributed by atoms with Crippen LogP contribution < -0.4 is 14.9 Å². The van der Waals surface area contributed by atoms with Crippen molar-refractivity contribution in [3.8, 4) is 0 Å². The van der Waals surface area contributed by atoms with E-state index in [1.54, 1.807) is 56.3 Å². The quantitative estimate of drug-likeness (QED) is 0.564. The highest BCUT2D eigenvalue weighted by atomic mass is 35.5. The van der Waals surface area contributed by atoms with Gasteiger partial charge >= 0.3 is 5.97 Å². The summed E-state index contributed by atoms with van der Waals surface area (Å²) in [6.07, 6.45) is 1.69. The summed E-state index contributed by atoms with van der Waals surface area (Å²) in [5.41, 5.74) is 1.92. The molecular weight excluding hydrogens is 439 g/mol. The zero-order chi connectivity index (χ0) is 22.1. The molecule has 2 aromatic carbocycles. The van der Waals surface area contributed by atoms with E-state index >= 15 is 0 Å². The van der Waals surface area contributed by atoms with Crippen molar-refractivity contribution in [1.29, 1.82) is 0 Å². The van der Waals surface area contributed by atoms with E-state index in [1.807, 2.05) is 0 Å². The van der Waals surface area contributed by atoms with Gasteiger partial charge in [-0.3, -0.25) is 9.36 Å². The summed E-state index contributed by atoms with van der Waals surface area (Å²) in [7, 11) is 0. The summed E-state index contributed by atoms with van der Waals surface area (Å²) < 4.78 is 20.4. The van der Waals surface area contributed by atoms with Gasteiger partial charge in [0.25, 0.3) is 5.56 Å². The second-order valence-electron chi connectivity index (χ2n) is 6.91. The van der Waals surface area contributed by atoms with Gasteiger partial charge in [0, 0.05) is 5.02 Å². The predicted octanol–water partition coefficient (Wildman–Crippen LogP) is 3.59. The summed E-state index contributed by atoms with van der Waals surface area (Å²) in [6.45, 7) is 3.66. The second kappa shape index (κ2) is 8.61. The van der Waals surface area contributed by atoms with Gasteiger partial charge in [-0.1, -0.05) is 47.2 Å². The van der Waals surface area contributed by atoms with Crippen molar-refractivity contribution >= 4 is 35.0 Å². The third-order valence-corrected chi connectivity index (χ3v) is 6.11. The Morgan fingerprint density at radius 2 is 1.90 bits per heavy atom. The van der Waals surface area contributed by atoms with Crippen LogP contribution in [0.4, 0.5) is 4.39 Å². The van der Waals surface area contributed by atoms with Crippen molar-refractivity contribution in [2.24, 2.45) is 4.99 Å². The van der Waals surface area contributed by atoms with Crippen LogP contribution in [0, 0.1) is 5.82 Å². The Bertz CT molecular complexity index is 1360. The van der Waals surface area contributed by atoms with Gasteiger partial charge in [0.15, 0.2) is 4.80 Å². The number of hydrogen-bond donors (Lipinski definition) is 0. The number of allylic oxidation sites excluding steroid dienone is 1. The standard InChI is InChI=1S/C23H18ClFN2O3S/c1-3-30-22(29)19-13(2)26-23-27(20(19)15-6-8-16(24)9-7-15)21(28)18(31-23)12-14-4-10-17(25)11-5-14/h4-12,20H,3H2,1-2H3/b18-12-/t20-/m1/s1. The summed E-state index contributed by atoms with van der Waals surface area (Å²) in [5.74, 6) is -0.868. The molecule has 0 spiro atoms. The van der Waals surface area contributed by atoms with Crippen LogP contribution in [0.5, 0.6) is 0 Å². The van der Waals surface area contributed by atoms with Crippen molar-refractivity contribution in [2.45, 2.75) is 19.9 Å². The first-order chi connectivity index (χ1) is 14.9. The topological polar surface area (TPSA) is 60.7 Å². The highest BCUT2D eigenvalue weighted by molar-refractivity contribution is 7.07. The summed E-state index contributed by atoms with van der Waals surface area (Å²) in [5, 5.41) is 0.547. The molecule has 3 aromatic rings. The van der Waals surface area contributed by atoms with Crippen molar-refractivity contribution in [3.05, 3.63) is 101 Å². The van der Waals surface area contributed by atoms with Crippen molar-refractivity contribution in [2.75, 3.05) is 6.61 Å². The van der Waals surface area contributed by atoms with Crippen LogP contribution in [0.3, 0.4) is 0 Å². The Labute approximate surface area is 186 Å². The van der Waals surface area contributed by atoms with Crippen LogP contribution in [-0.4, -0.2) is 17.1 Å². The van der Waals surface area contributed by atoms with E-state index in [9.17, 15) is 14.0 Å². The number of esters is 1. The van der Waals surface area contributed by atoms with Gasteiger partial charge in [-0.15, -0.1) is 0 Å². The Kier molecular flexibility index (Phi) is 5.89. The van der Waals surface area contributed by atoms with Gasteiger partial charge < -0.3 is 4.74 Å². The fourth-order valence-electron chi connectivity index (χ4n) is 3.46. The Hall–Kier alpha value is -3.03. The lowest BCUT2D eigenvalue weighted by atomic mass is 9.96. The van der Waals surface area contributed by atoms with E-state index in [4.69, 9.17) is 16.3 Å². The molecule has 0 saturated heterocycles. The number of aromatic nitrogens is 1. The van der Waals surface area contributed by atoms with Gasteiger partial charge in [0.1, 0.15) is 5.82 Å². The molecule has 8 heteroatoms. The maximum atomic E-state index is 13.4. The van der Waals surface area contributed by atoms with Gasteiger partial charge in [0.2, 0.25) is 0 Å². The monoisotopic (exact) mass is 456 g/mol. The van der Waals surface area contributed by atoms with Crippen LogP contribution in [-0.2, 0) is 9.53 Å². The van der Waals surface area contributed by atoms with E-state index in [1.165, 1.54) is 28.0 Å². The van der Waals surface area contributed by atoms with Crippen molar-refractivity contribution in [1.82, 2.24) is 4.57 Å². The molecule has 1 aromatic heterocycles. The third-order valence-electron chi connectivity index (χ3n) is 4.87. The van der Waals surface area contributed by atoms with Crippen LogP contribution in [0.1, 0.15) is 31.0 Å². The fraction of sp³-hybridized carbons (Fsp3) is 0.174. The Balaban J connectivity index is 1.94.